The van der Waals surface area contributed by atoms with Crippen molar-refractivity contribution in [3.8, 4) is 0 Å². The van der Waals surface area contributed by atoms with Gasteiger partial charge in [0.05, 0.1) is 5.60 Å². The minimum absolute atomic E-state index is 0.00916. The molecule has 1 aliphatic carbocycles. The Morgan fingerprint density at radius 2 is 1.61 bits per heavy atom. The van der Waals surface area contributed by atoms with E-state index in [1.54, 1.807) is 0 Å². The van der Waals surface area contributed by atoms with Gasteiger partial charge in [0.2, 0.25) is 11.8 Å². The molecule has 0 bridgehead atoms. The van der Waals surface area contributed by atoms with E-state index in [9.17, 15) is 14.7 Å². The van der Waals surface area contributed by atoms with Crippen molar-refractivity contribution in [3.05, 3.63) is 0 Å². The van der Waals surface area contributed by atoms with Crippen LogP contribution in [-0.2, 0) is 9.59 Å². The first kappa shape index (κ1) is 19.9. The smallest absolute Gasteiger partial charge is 0.242 e. The summed E-state index contributed by atoms with van der Waals surface area (Å²) in [6, 6.07) is -0.546. The van der Waals surface area contributed by atoms with Crippen LogP contribution in [0.1, 0.15) is 72.6 Å². The first-order valence-electron chi connectivity index (χ1n) is 9.03. The number of hydrogen-bond donors (Lipinski definition) is 3. The summed E-state index contributed by atoms with van der Waals surface area (Å²) in [5, 5.41) is 16.3. The molecular formula is C18H34N2O3. The van der Waals surface area contributed by atoms with Crippen molar-refractivity contribution >= 4 is 11.8 Å². The van der Waals surface area contributed by atoms with E-state index in [-0.39, 0.29) is 30.2 Å². The number of nitrogens with one attached hydrogen (secondary N) is 2. The van der Waals surface area contributed by atoms with E-state index in [1.807, 2.05) is 27.7 Å². The summed E-state index contributed by atoms with van der Waals surface area (Å²) in [6.07, 6.45) is 6.20. The van der Waals surface area contributed by atoms with Crippen LogP contribution >= 0.6 is 0 Å². The monoisotopic (exact) mass is 326 g/mol. The molecule has 0 heterocycles. The quantitative estimate of drug-likeness (QED) is 0.629. The van der Waals surface area contributed by atoms with Gasteiger partial charge in [0.25, 0.3) is 0 Å². The first-order chi connectivity index (χ1) is 10.7. The normalized spacial score (nSPS) is 19.3. The van der Waals surface area contributed by atoms with Crippen molar-refractivity contribution in [2.75, 3.05) is 6.54 Å². The number of carbonyl (C=O) groups excluding carboxylic acids is 2. The van der Waals surface area contributed by atoms with Crippen LogP contribution in [0.3, 0.4) is 0 Å². The fourth-order valence-corrected chi connectivity index (χ4v) is 3.06. The van der Waals surface area contributed by atoms with E-state index in [0.717, 1.165) is 38.5 Å². The Morgan fingerprint density at radius 1 is 1.04 bits per heavy atom. The number of amides is 2. The molecule has 3 N–H and O–H groups in total. The molecule has 5 heteroatoms. The Labute approximate surface area is 140 Å². The van der Waals surface area contributed by atoms with Crippen molar-refractivity contribution in [3.63, 3.8) is 0 Å². The SMILES string of the molecule is CC(C)CC(=O)NC(C(=O)NCC1(O)CCCCCC1)C(C)C. The predicted octanol–water partition coefficient (Wildman–Crippen LogP) is 2.37. The van der Waals surface area contributed by atoms with Gasteiger partial charge in [-0.3, -0.25) is 9.59 Å². The zero-order chi connectivity index (χ0) is 17.5. The highest BCUT2D eigenvalue weighted by atomic mass is 16.3. The lowest BCUT2D eigenvalue weighted by atomic mass is 9.94. The van der Waals surface area contributed by atoms with Crippen LogP contribution in [0.4, 0.5) is 0 Å². The van der Waals surface area contributed by atoms with Crippen molar-refractivity contribution in [1.29, 1.82) is 0 Å². The predicted molar refractivity (Wildman–Crippen MR) is 91.9 cm³/mol. The summed E-state index contributed by atoms with van der Waals surface area (Å²) in [5.74, 6) is -0.0238. The zero-order valence-electron chi connectivity index (χ0n) is 15.2. The van der Waals surface area contributed by atoms with Crippen LogP contribution in [0.2, 0.25) is 0 Å². The third-order valence-electron chi connectivity index (χ3n) is 4.49. The van der Waals surface area contributed by atoms with E-state index in [4.69, 9.17) is 0 Å². The van der Waals surface area contributed by atoms with Crippen LogP contribution in [0.5, 0.6) is 0 Å². The Hall–Kier alpha value is -1.10. The molecule has 0 aromatic heterocycles. The molecule has 0 aromatic carbocycles. The van der Waals surface area contributed by atoms with Crippen molar-refractivity contribution < 1.29 is 14.7 Å². The number of rotatable bonds is 7. The fourth-order valence-electron chi connectivity index (χ4n) is 3.06. The molecule has 1 unspecified atom stereocenters. The Bertz CT molecular complexity index is 386. The van der Waals surface area contributed by atoms with Crippen LogP contribution in [0.25, 0.3) is 0 Å². The molecule has 0 radical (unpaired) electrons. The van der Waals surface area contributed by atoms with Gasteiger partial charge >= 0.3 is 0 Å². The lowest BCUT2D eigenvalue weighted by Crippen LogP contribution is -2.53. The van der Waals surface area contributed by atoms with Gasteiger partial charge in [0.15, 0.2) is 0 Å². The highest BCUT2D eigenvalue weighted by molar-refractivity contribution is 5.87. The molecule has 1 rings (SSSR count). The van der Waals surface area contributed by atoms with Gasteiger partial charge in [-0.05, 0) is 24.7 Å². The van der Waals surface area contributed by atoms with Gasteiger partial charge in [0.1, 0.15) is 6.04 Å². The molecule has 134 valence electrons. The average molecular weight is 326 g/mol. The molecule has 5 nitrogen and oxygen atoms in total. The summed E-state index contributed by atoms with van der Waals surface area (Å²) in [4.78, 5) is 24.4. The summed E-state index contributed by atoms with van der Waals surface area (Å²) >= 11 is 0. The number of aliphatic hydroxyl groups is 1. The zero-order valence-corrected chi connectivity index (χ0v) is 15.2. The Morgan fingerprint density at radius 3 is 2.09 bits per heavy atom. The van der Waals surface area contributed by atoms with Gasteiger partial charge in [0, 0.05) is 13.0 Å². The van der Waals surface area contributed by atoms with E-state index in [2.05, 4.69) is 10.6 Å². The van der Waals surface area contributed by atoms with Gasteiger partial charge in [-0.2, -0.15) is 0 Å². The number of hydrogen-bond acceptors (Lipinski definition) is 3. The molecule has 1 saturated carbocycles. The molecule has 2 amide bonds. The third-order valence-corrected chi connectivity index (χ3v) is 4.49. The lowest BCUT2D eigenvalue weighted by Gasteiger charge is -2.29. The summed E-state index contributed by atoms with van der Waals surface area (Å²) in [7, 11) is 0. The van der Waals surface area contributed by atoms with Gasteiger partial charge < -0.3 is 15.7 Å². The molecule has 1 aliphatic rings. The summed E-state index contributed by atoms with van der Waals surface area (Å²) in [6.45, 7) is 8.06. The van der Waals surface area contributed by atoms with E-state index in [1.165, 1.54) is 0 Å². The molecular weight excluding hydrogens is 292 g/mol. The van der Waals surface area contributed by atoms with Gasteiger partial charge in [-0.1, -0.05) is 53.4 Å². The molecule has 0 aromatic rings. The van der Waals surface area contributed by atoms with Crippen molar-refractivity contribution in [2.45, 2.75) is 84.3 Å². The van der Waals surface area contributed by atoms with E-state index < -0.39 is 11.6 Å². The minimum Gasteiger partial charge on any atom is -0.388 e. The van der Waals surface area contributed by atoms with E-state index >= 15 is 0 Å². The maximum Gasteiger partial charge on any atom is 0.242 e. The lowest BCUT2D eigenvalue weighted by molar-refractivity contribution is -0.131. The average Bonchev–Trinajstić information content (AvgIpc) is 2.66. The topological polar surface area (TPSA) is 78.4 Å². The molecule has 0 saturated heterocycles. The molecule has 1 atom stereocenters. The van der Waals surface area contributed by atoms with Gasteiger partial charge in [-0.15, -0.1) is 0 Å². The van der Waals surface area contributed by atoms with Crippen LogP contribution in [0, 0.1) is 11.8 Å². The van der Waals surface area contributed by atoms with Gasteiger partial charge in [-0.25, -0.2) is 0 Å². The first-order valence-corrected chi connectivity index (χ1v) is 9.03. The van der Waals surface area contributed by atoms with Crippen LogP contribution in [-0.4, -0.2) is 35.1 Å². The third kappa shape index (κ3) is 7.34. The maximum absolute atomic E-state index is 12.4. The second kappa shape index (κ2) is 9.26. The standard InChI is InChI=1S/C18H34N2O3/c1-13(2)11-15(21)20-16(14(3)4)17(22)19-12-18(23)9-7-5-6-8-10-18/h13-14,16,23H,5-12H2,1-4H3,(H,19,22)(H,20,21). The minimum atomic E-state index is -0.796. The summed E-state index contributed by atoms with van der Waals surface area (Å²) in [5.41, 5.74) is -0.796. The highest BCUT2D eigenvalue weighted by Crippen LogP contribution is 2.26. The largest absolute Gasteiger partial charge is 0.388 e. The molecule has 23 heavy (non-hydrogen) atoms. The van der Waals surface area contributed by atoms with E-state index in [0.29, 0.717) is 6.42 Å². The Balaban J connectivity index is 2.55. The van der Waals surface area contributed by atoms with Crippen LogP contribution < -0.4 is 10.6 Å². The van der Waals surface area contributed by atoms with Crippen molar-refractivity contribution in [2.24, 2.45) is 11.8 Å². The maximum atomic E-state index is 12.4. The summed E-state index contributed by atoms with van der Waals surface area (Å²) < 4.78 is 0. The highest BCUT2D eigenvalue weighted by Gasteiger charge is 2.31. The second-order valence-corrected chi connectivity index (χ2v) is 7.74. The number of carbonyl (C=O) groups is 2. The molecule has 0 spiro atoms. The fraction of sp³-hybridized carbons (Fsp3) is 0.889. The van der Waals surface area contributed by atoms with Crippen LogP contribution in [0.15, 0.2) is 0 Å². The molecule has 0 aliphatic heterocycles. The second-order valence-electron chi connectivity index (χ2n) is 7.74. The van der Waals surface area contributed by atoms with Crippen molar-refractivity contribution in [1.82, 2.24) is 10.6 Å². The molecule has 1 fully saturated rings. The Kier molecular flexibility index (Phi) is 8.03.